The highest BCUT2D eigenvalue weighted by atomic mass is 35.6. The first kappa shape index (κ1) is 16.0. The van der Waals surface area contributed by atoms with Crippen LogP contribution in [-0.2, 0) is 9.53 Å². The molecule has 0 aromatic carbocycles. The molecule has 2 N–H and O–H groups in total. The zero-order valence-electron chi connectivity index (χ0n) is 6.93. The topological polar surface area (TPSA) is 52.3 Å². The first-order valence-corrected chi connectivity index (χ1v) is 4.45. The number of halogens is 4. The molecule has 0 amide bonds. The summed E-state index contributed by atoms with van der Waals surface area (Å²) < 4.78 is 3.36. The van der Waals surface area contributed by atoms with Gasteiger partial charge in [0, 0.05) is 6.42 Å². The van der Waals surface area contributed by atoms with Gasteiger partial charge in [-0.25, -0.2) is 0 Å². The maximum atomic E-state index is 10.6. The fourth-order valence-corrected chi connectivity index (χ4v) is 1.29. The summed E-state index contributed by atoms with van der Waals surface area (Å²) in [5.41, 5.74) is 5.01. The van der Waals surface area contributed by atoms with Gasteiger partial charge in [0.05, 0.1) is 6.54 Å². The number of hydrogen-bond donors (Lipinski definition) is 1. The maximum absolute atomic E-state index is 10.6. The van der Waals surface area contributed by atoms with Crippen LogP contribution < -0.4 is 5.73 Å². The average Bonchev–Trinajstić information content (AvgIpc) is 1.82. The summed E-state index contributed by atoms with van der Waals surface area (Å²) in [6, 6.07) is 0. The monoisotopic (exact) mass is 269 g/mol. The standard InChI is InChI=1S/C6H10Cl3NO2.ClH/c1-4(2-6(7,8)9)12-5(11)3-10;/h4H,2-3,10H2,1H3;1H. The van der Waals surface area contributed by atoms with E-state index in [1.54, 1.807) is 6.92 Å². The van der Waals surface area contributed by atoms with Crippen molar-refractivity contribution >= 4 is 53.2 Å². The van der Waals surface area contributed by atoms with E-state index in [-0.39, 0.29) is 25.4 Å². The van der Waals surface area contributed by atoms with E-state index in [1.165, 1.54) is 0 Å². The molecule has 1 unspecified atom stereocenters. The summed E-state index contributed by atoms with van der Waals surface area (Å²) in [5, 5.41) is 0. The minimum absolute atomic E-state index is 0. The lowest BCUT2D eigenvalue weighted by molar-refractivity contribution is -0.146. The van der Waals surface area contributed by atoms with Crippen molar-refractivity contribution in [3.63, 3.8) is 0 Å². The zero-order valence-corrected chi connectivity index (χ0v) is 10.0. The van der Waals surface area contributed by atoms with Crippen LogP contribution in [-0.4, -0.2) is 22.4 Å². The third-order valence-electron chi connectivity index (χ3n) is 1.02. The predicted octanol–water partition coefficient (Wildman–Crippen LogP) is 2.06. The van der Waals surface area contributed by atoms with Crippen molar-refractivity contribution in [1.82, 2.24) is 0 Å². The summed E-state index contributed by atoms with van der Waals surface area (Å²) in [7, 11) is 0. The Morgan fingerprint density at radius 3 is 2.31 bits per heavy atom. The number of ether oxygens (including phenoxy) is 1. The lowest BCUT2D eigenvalue weighted by Crippen LogP contribution is -2.25. The quantitative estimate of drug-likeness (QED) is 0.631. The van der Waals surface area contributed by atoms with E-state index in [0.717, 1.165) is 0 Å². The Morgan fingerprint density at radius 2 is 2.00 bits per heavy atom. The first-order chi connectivity index (χ1) is 5.35. The van der Waals surface area contributed by atoms with E-state index < -0.39 is 15.9 Å². The van der Waals surface area contributed by atoms with Crippen molar-refractivity contribution in [1.29, 1.82) is 0 Å². The van der Waals surface area contributed by atoms with Crippen LogP contribution in [0.1, 0.15) is 13.3 Å². The normalized spacial score (nSPS) is 13.0. The minimum atomic E-state index is -1.39. The van der Waals surface area contributed by atoms with Crippen molar-refractivity contribution < 1.29 is 9.53 Å². The molecular formula is C6H11Cl4NO2. The van der Waals surface area contributed by atoms with Gasteiger partial charge in [-0.3, -0.25) is 4.79 Å². The highest BCUT2D eigenvalue weighted by molar-refractivity contribution is 6.67. The van der Waals surface area contributed by atoms with Crippen molar-refractivity contribution in [2.45, 2.75) is 23.2 Å². The lowest BCUT2D eigenvalue weighted by atomic mass is 10.3. The van der Waals surface area contributed by atoms with Gasteiger partial charge >= 0.3 is 5.97 Å². The van der Waals surface area contributed by atoms with Gasteiger partial charge in [0.15, 0.2) is 3.79 Å². The van der Waals surface area contributed by atoms with Gasteiger partial charge in [0.2, 0.25) is 0 Å². The average molecular weight is 271 g/mol. The molecule has 0 saturated carbocycles. The van der Waals surface area contributed by atoms with Crippen LogP contribution >= 0.6 is 47.2 Å². The van der Waals surface area contributed by atoms with Crippen molar-refractivity contribution in [3.8, 4) is 0 Å². The van der Waals surface area contributed by atoms with Gasteiger partial charge in [0.25, 0.3) is 0 Å². The van der Waals surface area contributed by atoms with Gasteiger partial charge in [-0.1, -0.05) is 34.8 Å². The summed E-state index contributed by atoms with van der Waals surface area (Å²) in [6.07, 6.45) is -0.280. The Hall–Kier alpha value is 0.590. The highest BCUT2D eigenvalue weighted by Gasteiger charge is 2.24. The highest BCUT2D eigenvalue weighted by Crippen LogP contribution is 2.31. The molecule has 3 nitrogen and oxygen atoms in total. The van der Waals surface area contributed by atoms with Gasteiger partial charge < -0.3 is 10.5 Å². The van der Waals surface area contributed by atoms with Crippen molar-refractivity contribution in [2.24, 2.45) is 5.73 Å². The Bertz CT molecular complexity index is 159. The number of rotatable bonds is 3. The maximum Gasteiger partial charge on any atom is 0.319 e. The van der Waals surface area contributed by atoms with Crippen LogP contribution in [0.15, 0.2) is 0 Å². The van der Waals surface area contributed by atoms with E-state index in [9.17, 15) is 4.79 Å². The second kappa shape index (κ2) is 6.96. The fourth-order valence-electron chi connectivity index (χ4n) is 0.640. The second-order valence-corrected chi connectivity index (χ2v) is 4.84. The van der Waals surface area contributed by atoms with Crippen molar-refractivity contribution in [3.05, 3.63) is 0 Å². The third kappa shape index (κ3) is 10.5. The summed E-state index contributed by atoms with van der Waals surface area (Å²) in [6.45, 7) is 1.47. The van der Waals surface area contributed by atoms with Gasteiger partial charge in [0.1, 0.15) is 6.10 Å². The smallest absolute Gasteiger partial charge is 0.319 e. The van der Waals surface area contributed by atoms with E-state index in [1.807, 2.05) is 0 Å². The molecule has 0 bridgehead atoms. The molecular weight excluding hydrogens is 260 g/mol. The molecule has 0 aromatic rings. The molecule has 0 aliphatic rings. The van der Waals surface area contributed by atoms with Gasteiger partial charge in [-0.15, -0.1) is 12.4 Å². The van der Waals surface area contributed by atoms with Crippen molar-refractivity contribution in [2.75, 3.05) is 6.54 Å². The number of alkyl halides is 3. The number of nitrogens with two attached hydrogens (primary N) is 1. The zero-order chi connectivity index (χ0) is 9.78. The predicted molar refractivity (Wildman–Crippen MR) is 56.8 cm³/mol. The number of esters is 1. The van der Waals surface area contributed by atoms with Crippen LogP contribution in [0, 0.1) is 0 Å². The molecule has 0 aliphatic heterocycles. The fraction of sp³-hybridized carbons (Fsp3) is 0.833. The minimum Gasteiger partial charge on any atom is -0.462 e. The molecule has 0 aromatic heterocycles. The van der Waals surface area contributed by atoms with Crippen LogP contribution in [0.25, 0.3) is 0 Å². The Labute approximate surface area is 98.2 Å². The molecule has 0 fully saturated rings. The number of hydrogen-bond acceptors (Lipinski definition) is 3. The third-order valence-corrected chi connectivity index (χ3v) is 1.48. The summed E-state index contributed by atoms with van der Waals surface area (Å²) in [4.78, 5) is 10.6. The Balaban J connectivity index is 0. The molecule has 0 radical (unpaired) electrons. The van der Waals surface area contributed by atoms with Gasteiger partial charge in [-0.2, -0.15) is 0 Å². The van der Waals surface area contributed by atoms with E-state index in [2.05, 4.69) is 0 Å². The first-order valence-electron chi connectivity index (χ1n) is 3.31. The molecule has 13 heavy (non-hydrogen) atoms. The lowest BCUT2D eigenvalue weighted by Gasteiger charge is -2.17. The molecule has 0 rings (SSSR count). The van der Waals surface area contributed by atoms with Gasteiger partial charge in [-0.05, 0) is 6.92 Å². The van der Waals surface area contributed by atoms with E-state index in [4.69, 9.17) is 45.3 Å². The molecule has 0 spiro atoms. The molecule has 0 aliphatic carbocycles. The number of carbonyl (C=O) groups excluding carboxylic acids is 1. The number of carbonyl (C=O) groups is 1. The van der Waals surface area contributed by atoms with E-state index >= 15 is 0 Å². The molecule has 0 saturated heterocycles. The second-order valence-electron chi connectivity index (χ2n) is 2.32. The largest absolute Gasteiger partial charge is 0.462 e. The summed E-state index contributed by atoms with van der Waals surface area (Å²) in [5.74, 6) is -0.503. The Kier molecular flexibility index (Phi) is 8.58. The molecule has 1 atom stereocenters. The van der Waals surface area contributed by atoms with E-state index in [0.29, 0.717) is 0 Å². The van der Waals surface area contributed by atoms with Crippen LogP contribution in [0.5, 0.6) is 0 Å². The summed E-state index contributed by atoms with van der Waals surface area (Å²) >= 11 is 16.4. The SMILES string of the molecule is CC(CC(Cl)(Cl)Cl)OC(=O)CN.Cl. The molecule has 0 heterocycles. The van der Waals surface area contributed by atoms with Crippen LogP contribution in [0.2, 0.25) is 0 Å². The van der Waals surface area contributed by atoms with Crippen LogP contribution in [0.4, 0.5) is 0 Å². The molecule has 7 heteroatoms. The Morgan fingerprint density at radius 1 is 1.54 bits per heavy atom. The van der Waals surface area contributed by atoms with Crippen LogP contribution in [0.3, 0.4) is 0 Å². The molecule has 80 valence electrons.